The smallest absolute Gasteiger partial charge is 0.257 e. The zero-order valence-corrected chi connectivity index (χ0v) is 15.6. The molecule has 0 radical (unpaired) electrons. The predicted molar refractivity (Wildman–Crippen MR) is 89.3 cm³/mol. The van der Waals surface area contributed by atoms with Crippen LogP contribution in [0.5, 0.6) is 0 Å². The third-order valence-electron chi connectivity index (χ3n) is 3.57. The van der Waals surface area contributed by atoms with E-state index in [-0.39, 0.29) is 28.8 Å². The number of hydrogen-bond acceptors (Lipinski definition) is 6. The number of sulfonamides is 2. The van der Waals surface area contributed by atoms with Crippen LogP contribution in [0.2, 0.25) is 0 Å². The predicted octanol–water partition coefficient (Wildman–Crippen LogP) is -0.327. The van der Waals surface area contributed by atoms with E-state index >= 15 is 0 Å². The fraction of sp³-hybridized carbons (Fsp3) is 0.500. The summed E-state index contributed by atoms with van der Waals surface area (Å²) >= 11 is 0. The lowest BCUT2D eigenvalue weighted by atomic mass is 10.2. The summed E-state index contributed by atoms with van der Waals surface area (Å²) in [6, 6.07) is 4.81. The zero-order chi connectivity index (χ0) is 18.7. The van der Waals surface area contributed by atoms with Gasteiger partial charge in [-0.05, 0) is 24.3 Å². The third kappa shape index (κ3) is 4.76. The van der Waals surface area contributed by atoms with Crippen LogP contribution >= 0.6 is 0 Å². The van der Waals surface area contributed by atoms with Gasteiger partial charge >= 0.3 is 0 Å². The summed E-state index contributed by atoms with van der Waals surface area (Å²) in [5.41, 5.74) is 2.10. The fourth-order valence-corrected chi connectivity index (χ4v) is 4.30. The number of nitrogens with zero attached hydrogens (tertiary/aromatic N) is 1. The average molecular weight is 391 g/mol. The molecule has 0 aromatic heterocycles. The Hall–Kier alpha value is -1.53. The number of ether oxygens (including phenoxy) is 1. The molecule has 2 rings (SSSR count). The van der Waals surface area contributed by atoms with Crippen LogP contribution in [0.4, 0.5) is 0 Å². The number of rotatable bonds is 6. The molecule has 1 amide bonds. The molecule has 0 atom stereocenters. The lowest BCUT2D eigenvalue weighted by Crippen LogP contribution is -2.43. The van der Waals surface area contributed by atoms with Crippen molar-refractivity contribution in [1.82, 2.24) is 14.6 Å². The Morgan fingerprint density at radius 3 is 2.08 bits per heavy atom. The largest absolute Gasteiger partial charge is 0.379 e. The Labute approximate surface area is 147 Å². The summed E-state index contributed by atoms with van der Waals surface area (Å²) in [7, 11) is -7.68. The van der Waals surface area contributed by atoms with Crippen molar-refractivity contribution in [3.63, 3.8) is 0 Å². The van der Waals surface area contributed by atoms with Crippen LogP contribution in [0, 0.1) is 5.92 Å². The molecule has 1 fully saturated rings. The van der Waals surface area contributed by atoms with Gasteiger partial charge in [0, 0.05) is 19.0 Å². The van der Waals surface area contributed by atoms with Gasteiger partial charge in [0.15, 0.2) is 0 Å². The first-order valence-electron chi connectivity index (χ1n) is 7.64. The van der Waals surface area contributed by atoms with Crippen molar-refractivity contribution >= 4 is 26.0 Å². The Morgan fingerprint density at radius 1 is 1.04 bits per heavy atom. The molecule has 1 aromatic rings. The van der Waals surface area contributed by atoms with E-state index in [1.165, 1.54) is 28.6 Å². The van der Waals surface area contributed by atoms with E-state index in [2.05, 4.69) is 5.43 Å². The molecule has 0 saturated carbocycles. The molecule has 0 bridgehead atoms. The normalized spacial score (nSPS) is 16.8. The highest BCUT2D eigenvalue weighted by atomic mass is 32.2. The molecule has 0 spiro atoms. The number of amides is 1. The maximum absolute atomic E-state index is 12.5. The summed E-state index contributed by atoms with van der Waals surface area (Å²) in [4.78, 5) is 13.3. The number of hydrazine groups is 1. The number of hydrogen-bond donors (Lipinski definition) is 2. The molecule has 0 aliphatic carbocycles. The minimum absolute atomic E-state index is 0.000402. The van der Waals surface area contributed by atoms with Crippen molar-refractivity contribution in [2.24, 2.45) is 5.92 Å². The second-order valence-corrected chi connectivity index (χ2v) is 9.36. The van der Waals surface area contributed by atoms with E-state index in [0.717, 1.165) is 0 Å². The molecule has 11 heteroatoms. The molecular formula is C14H21N3O6S2. The number of morpholine rings is 1. The second-order valence-electron chi connectivity index (χ2n) is 5.74. The molecule has 1 saturated heterocycles. The maximum Gasteiger partial charge on any atom is 0.257 e. The van der Waals surface area contributed by atoms with Crippen LogP contribution in [-0.2, 0) is 29.6 Å². The second kappa shape index (κ2) is 7.79. The van der Waals surface area contributed by atoms with Gasteiger partial charge < -0.3 is 4.74 Å². The van der Waals surface area contributed by atoms with Crippen molar-refractivity contribution < 1.29 is 26.4 Å². The highest BCUT2D eigenvalue weighted by Crippen LogP contribution is 2.19. The van der Waals surface area contributed by atoms with Gasteiger partial charge in [-0.2, -0.15) is 4.31 Å². The van der Waals surface area contributed by atoms with Crippen LogP contribution in [0.15, 0.2) is 34.1 Å². The molecule has 1 aliphatic rings. The molecule has 140 valence electrons. The standard InChI is InChI=1S/C14H21N3O6S2/c1-11(2)14(18)15-16-24(19,20)12-3-5-13(6-4-12)25(21,22)17-7-9-23-10-8-17/h3-6,11,16H,7-10H2,1-2H3,(H,15,18). The van der Waals surface area contributed by atoms with E-state index < -0.39 is 26.0 Å². The highest BCUT2D eigenvalue weighted by molar-refractivity contribution is 7.89. The first kappa shape index (κ1) is 19.8. The number of carbonyl (C=O) groups is 1. The molecule has 2 N–H and O–H groups in total. The number of benzene rings is 1. The van der Waals surface area contributed by atoms with Gasteiger partial charge in [-0.25, -0.2) is 16.8 Å². The summed E-state index contributed by atoms with van der Waals surface area (Å²) in [5.74, 6) is -0.862. The van der Waals surface area contributed by atoms with Gasteiger partial charge in [0.05, 0.1) is 23.0 Å². The monoisotopic (exact) mass is 391 g/mol. The minimum atomic E-state index is -3.99. The van der Waals surface area contributed by atoms with Crippen LogP contribution in [0.1, 0.15) is 13.8 Å². The molecule has 1 aliphatic heterocycles. The van der Waals surface area contributed by atoms with Crippen LogP contribution < -0.4 is 10.3 Å². The van der Waals surface area contributed by atoms with Gasteiger partial charge in [0.1, 0.15) is 0 Å². The van der Waals surface area contributed by atoms with E-state index in [4.69, 9.17) is 4.74 Å². The summed E-state index contributed by atoms with van der Waals surface area (Å²) in [6.45, 7) is 4.40. The van der Waals surface area contributed by atoms with E-state index in [9.17, 15) is 21.6 Å². The average Bonchev–Trinajstić information content (AvgIpc) is 2.60. The van der Waals surface area contributed by atoms with E-state index in [0.29, 0.717) is 13.2 Å². The van der Waals surface area contributed by atoms with Crippen molar-refractivity contribution in [1.29, 1.82) is 0 Å². The van der Waals surface area contributed by atoms with Gasteiger partial charge in [-0.15, -0.1) is 4.83 Å². The topological polar surface area (TPSA) is 122 Å². The molecular weight excluding hydrogens is 370 g/mol. The molecule has 1 aromatic carbocycles. The summed E-state index contributed by atoms with van der Waals surface area (Å²) < 4.78 is 55.6. The molecule has 9 nitrogen and oxygen atoms in total. The van der Waals surface area contributed by atoms with Gasteiger partial charge in [-0.1, -0.05) is 13.8 Å². The minimum Gasteiger partial charge on any atom is -0.379 e. The van der Waals surface area contributed by atoms with E-state index in [1.807, 2.05) is 4.83 Å². The highest BCUT2D eigenvalue weighted by Gasteiger charge is 2.27. The zero-order valence-electron chi connectivity index (χ0n) is 13.9. The van der Waals surface area contributed by atoms with Crippen LogP contribution in [-0.4, -0.2) is 53.4 Å². The lowest BCUT2D eigenvalue weighted by Gasteiger charge is -2.26. The first-order chi connectivity index (χ1) is 11.6. The van der Waals surface area contributed by atoms with Gasteiger partial charge in [-0.3, -0.25) is 10.2 Å². The van der Waals surface area contributed by atoms with Crippen LogP contribution in [0.3, 0.4) is 0 Å². The third-order valence-corrected chi connectivity index (χ3v) is 6.75. The summed E-state index contributed by atoms with van der Waals surface area (Å²) in [5, 5.41) is 0. The van der Waals surface area contributed by atoms with Crippen molar-refractivity contribution in [2.45, 2.75) is 23.6 Å². The van der Waals surface area contributed by atoms with E-state index in [1.54, 1.807) is 13.8 Å². The van der Waals surface area contributed by atoms with Crippen LogP contribution in [0.25, 0.3) is 0 Å². The quantitative estimate of drug-likeness (QED) is 0.641. The maximum atomic E-state index is 12.5. The van der Waals surface area contributed by atoms with Crippen molar-refractivity contribution in [3.8, 4) is 0 Å². The summed E-state index contributed by atoms with van der Waals surface area (Å²) in [6.07, 6.45) is 0. The Balaban J connectivity index is 2.14. The molecule has 0 unspecified atom stereocenters. The van der Waals surface area contributed by atoms with Crippen molar-refractivity contribution in [2.75, 3.05) is 26.3 Å². The first-order valence-corrected chi connectivity index (χ1v) is 10.6. The molecule has 25 heavy (non-hydrogen) atoms. The Morgan fingerprint density at radius 2 is 1.56 bits per heavy atom. The van der Waals surface area contributed by atoms with Gasteiger partial charge in [0.2, 0.25) is 15.9 Å². The lowest BCUT2D eigenvalue weighted by molar-refractivity contribution is -0.124. The Kier molecular flexibility index (Phi) is 6.16. The number of nitrogens with one attached hydrogen (secondary N) is 2. The number of carbonyl (C=O) groups excluding carboxylic acids is 1. The molecule has 1 heterocycles. The van der Waals surface area contributed by atoms with Gasteiger partial charge in [0.25, 0.3) is 10.0 Å². The fourth-order valence-electron chi connectivity index (χ4n) is 2.05. The van der Waals surface area contributed by atoms with Crippen molar-refractivity contribution in [3.05, 3.63) is 24.3 Å². The Bertz CT molecular complexity index is 813. The SMILES string of the molecule is CC(C)C(=O)NNS(=O)(=O)c1ccc(S(=O)(=O)N2CCOCC2)cc1.